The predicted octanol–water partition coefficient (Wildman–Crippen LogP) is 3.89. The van der Waals surface area contributed by atoms with Gasteiger partial charge in [-0.05, 0) is 56.0 Å². The molecule has 2 rings (SSSR count). The Labute approximate surface area is 121 Å². The van der Waals surface area contributed by atoms with Crippen molar-refractivity contribution in [3.63, 3.8) is 0 Å². The summed E-state index contributed by atoms with van der Waals surface area (Å²) in [6, 6.07) is 5.33. The van der Waals surface area contributed by atoms with Crippen LogP contribution in [0.4, 0.5) is 4.39 Å². The lowest BCUT2D eigenvalue weighted by atomic mass is 9.90. The molecule has 19 heavy (non-hydrogen) atoms. The van der Waals surface area contributed by atoms with Crippen LogP contribution in [0.5, 0.6) is 5.75 Å². The van der Waals surface area contributed by atoms with Crippen molar-refractivity contribution in [1.29, 1.82) is 0 Å². The number of halogens is 2. The number of hydrogen-bond donors (Lipinski definition) is 1. The van der Waals surface area contributed by atoms with Crippen molar-refractivity contribution in [3.05, 3.63) is 29.6 Å². The minimum absolute atomic E-state index is 0. The van der Waals surface area contributed by atoms with Crippen LogP contribution in [0.2, 0.25) is 0 Å². The molecule has 0 aliphatic carbocycles. The predicted molar refractivity (Wildman–Crippen MR) is 78.9 cm³/mol. The highest BCUT2D eigenvalue weighted by molar-refractivity contribution is 5.85. The van der Waals surface area contributed by atoms with Crippen LogP contribution in [-0.4, -0.2) is 19.7 Å². The number of hydrogen-bond acceptors (Lipinski definition) is 2. The molecule has 0 bridgehead atoms. The largest absolute Gasteiger partial charge is 0.491 e. The minimum atomic E-state index is -0.246. The SMILES string of the molecule is CCCCOc1cc(C2CCNCC2)ccc1F.Cl. The van der Waals surface area contributed by atoms with Gasteiger partial charge in [0.05, 0.1) is 6.61 Å². The zero-order valence-corrected chi connectivity index (χ0v) is 12.3. The Morgan fingerprint density at radius 2 is 2.05 bits per heavy atom. The third-order valence-electron chi connectivity index (χ3n) is 3.52. The molecule has 1 heterocycles. The maximum absolute atomic E-state index is 13.6. The van der Waals surface area contributed by atoms with Crippen molar-refractivity contribution >= 4 is 12.4 Å². The molecule has 1 N–H and O–H groups in total. The van der Waals surface area contributed by atoms with Gasteiger partial charge in [0.15, 0.2) is 11.6 Å². The quantitative estimate of drug-likeness (QED) is 0.830. The normalized spacial score (nSPS) is 15.9. The van der Waals surface area contributed by atoms with Gasteiger partial charge >= 0.3 is 0 Å². The molecule has 0 atom stereocenters. The third kappa shape index (κ3) is 4.66. The molecule has 0 radical (unpaired) electrons. The van der Waals surface area contributed by atoms with Gasteiger partial charge in [0.25, 0.3) is 0 Å². The Kier molecular flexibility index (Phi) is 7.17. The topological polar surface area (TPSA) is 21.3 Å². The highest BCUT2D eigenvalue weighted by Gasteiger charge is 2.16. The molecular weight excluding hydrogens is 265 g/mol. The first-order valence-electron chi connectivity index (χ1n) is 6.94. The van der Waals surface area contributed by atoms with E-state index in [1.165, 1.54) is 5.56 Å². The lowest BCUT2D eigenvalue weighted by Gasteiger charge is -2.23. The second-order valence-electron chi connectivity index (χ2n) is 4.92. The maximum Gasteiger partial charge on any atom is 0.165 e. The average molecular weight is 288 g/mol. The molecule has 1 aromatic carbocycles. The third-order valence-corrected chi connectivity index (χ3v) is 3.52. The standard InChI is InChI=1S/C15H22FNO.ClH/c1-2-3-10-18-15-11-13(4-5-14(15)16)12-6-8-17-9-7-12;/h4-5,11-12,17H,2-3,6-10H2,1H3;1H. The van der Waals surface area contributed by atoms with Crippen LogP contribution in [0, 0.1) is 5.82 Å². The van der Waals surface area contributed by atoms with Crippen molar-refractivity contribution in [3.8, 4) is 5.75 Å². The number of rotatable bonds is 5. The van der Waals surface area contributed by atoms with E-state index in [1.807, 2.05) is 12.1 Å². The van der Waals surface area contributed by atoms with E-state index in [2.05, 4.69) is 12.2 Å². The highest BCUT2D eigenvalue weighted by Crippen LogP contribution is 2.29. The summed E-state index contributed by atoms with van der Waals surface area (Å²) in [5, 5.41) is 3.35. The molecule has 0 amide bonds. The molecule has 0 saturated carbocycles. The molecule has 0 unspecified atom stereocenters. The van der Waals surface area contributed by atoms with E-state index in [9.17, 15) is 4.39 Å². The van der Waals surface area contributed by atoms with E-state index in [1.54, 1.807) is 6.07 Å². The van der Waals surface area contributed by atoms with Gasteiger partial charge < -0.3 is 10.1 Å². The lowest BCUT2D eigenvalue weighted by Crippen LogP contribution is -2.26. The summed E-state index contributed by atoms with van der Waals surface area (Å²) in [6.07, 6.45) is 4.28. The first-order chi connectivity index (χ1) is 8.81. The van der Waals surface area contributed by atoms with Gasteiger partial charge in [0, 0.05) is 0 Å². The lowest BCUT2D eigenvalue weighted by molar-refractivity contribution is 0.293. The number of ether oxygens (including phenoxy) is 1. The summed E-state index contributed by atoms with van der Waals surface area (Å²) in [6.45, 7) is 4.80. The number of nitrogens with one attached hydrogen (secondary N) is 1. The van der Waals surface area contributed by atoms with Crippen LogP contribution < -0.4 is 10.1 Å². The zero-order chi connectivity index (χ0) is 12.8. The Balaban J connectivity index is 0.00000180. The van der Waals surface area contributed by atoms with E-state index >= 15 is 0 Å². The summed E-state index contributed by atoms with van der Waals surface area (Å²) < 4.78 is 19.1. The summed E-state index contributed by atoms with van der Waals surface area (Å²) in [5.41, 5.74) is 1.21. The molecule has 1 aliphatic heterocycles. The van der Waals surface area contributed by atoms with Gasteiger partial charge in [-0.25, -0.2) is 4.39 Å². The van der Waals surface area contributed by atoms with Gasteiger partial charge in [-0.3, -0.25) is 0 Å². The van der Waals surface area contributed by atoms with E-state index < -0.39 is 0 Å². The average Bonchev–Trinajstić information content (AvgIpc) is 2.42. The van der Waals surface area contributed by atoms with Gasteiger partial charge in [-0.2, -0.15) is 0 Å². The van der Waals surface area contributed by atoms with Crippen molar-refractivity contribution in [1.82, 2.24) is 5.32 Å². The molecule has 108 valence electrons. The molecule has 2 nitrogen and oxygen atoms in total. The molecule has 0 spiro atoms. The van der Waals surface area contributed by atoms with Crippen molar-refractivity contribution in [2.75, 3.05) is 19.7 Å². The van der Waals surface area contributed by atoms with Crippen LogP contribution in [0.15, 0.2) is 18.2 Å². The van der Waals surface area contributed by atoms with E-state index in [4.69, 9.17) is 4.74 Å². The summed E-state index contributed by atoms with van der Waals surface area (Å²) in [5.74, 6) is 0.712. The van der Waals surface area contributed by atoms with Gasteiger partial charge in [-0.1, -0.05) is 19.4 Å². The highest BCUT2D eigenvalue weighted by atomic mass is 35.5. The number of benzene rings is 1. The molecule has 4 heteroatoms. The van der Waals surface area contributed by atoms with Gasteiger partial charge in [0.1, 0.15) is 0 Å². The summed E-state index contributed by atoms with van der Waals surface area (Å²) >= 11 is 0. The van der Waals surface area contributed by atoms with Gasteiger partial charge in [-0.15, -0.1) is 12.4 Å². The molecule has 1 aromatic rings. The fourth-order valence-electron chi connectivity index (χ4n) is 2.37. The van der Waals surface area contributed by atoms with E-state index in [0.29, 0.717) is 18.3 Å². The molecule has 1 aliphatic rings. The first kappa shape index (κ1) is 16.3. The Morgan fingerprint density at radius 1 is 1.32 bits per heavy atom. The second-order valence-corrected chi connectivity index (χ2v) is 4.92. The van der Waals surface area contributed by atoms with Crippen molar-refractivity contribution in [2.24, 2.45) is 0 Å². The van der Waals surface area contributed by atoms with Crippen LogP contribution in [0.3, 0.4) is 0 Å². The smallest absolute Gasteiger partial charge is 0.165 e. The molecular formula is C15H23ClFNO. The summed E-state index contributed by atoms with van der Waals surface area (Å²) in [4.78, 5) is 0. The Morgan fingerprint density at radius 3 is 2.74 bits per heavy atom. The molecule has 1 saturated heterocycles. The van der Waals surface area contributed by atoms with E-state index in [-0.39, 0.29) is 18.2 Å². The monoisotopic (exact) mass is 287 g/mol. The van der Waals surface area contributed by atoms with Crippen molar-refractivity contribution < 1.29 is 9.13 Å². The Hall–Kier alpha value is -0.800. The van der Waals surface area contributed by atoms with Crippen LogP contribution in [-0.2, 0) is 0 Å². The second kappa shape index (κ2) is 8.39. The van der Waals surface area contributed by atoms with Crippen LogP contribution >= 0.6 is 12.4 Å². The molecule has 0 aromatic heterocycles. The Bertz CT molecular complexity index is 380. The number of piperidine rings is 1. The van der Waals surface area contributed by atoms with E-state index in [0.717, 1.165) is 38.8 Å². The first-order valence-corrected chi connectivity index (χ1v) is 6.94. The maximum atomic E-state index is 13.6. The minimum Gasteiger partial charge on any atom is -0.491 e. The molecule has 1 fully saturated rings. The summed E-state index contributed by atoms with van der Waals surface area (Å²) in [7, 11) is 0. The van der Waals surface area contributed by atoms with Crippen molar-refractivity contribution in [2.45, 2.75) is 38.5 Å². The fraction of sp³-hybridized carbons (Fsp3) is 0.600. The zero-order valence-electron chi connectivity index (χ0n) is 11.5. The fourth-order valence-corrected chi connectivity index (χ4v) is 2.37. The van der Waals surface area contributed by atoms with Crippen LogP contribution in [0.25, 0.3) is 0 Å². The number of unbranched alkanes of at least 4 members (excludes halogenated alkanes) is 1. The van der Waals surface area contributed by atoms with Gasteiger partial charge in [0.2, 0.25) is 0 Å². The van der Waals surface area contributed by atoms with Crippen LogP contribution in [0.1, 0.15) is 44.1 Å².